The normalized spacial score (nSPS) is 21.7. The molecule has 6 N–H and O–H groups in total. The van der Waals surface area contributed by atoms with E-state index in [2.05, 4.69) is 20.9 Å². The van der Waals surface area contributed by atoms with E-state index < -0.39 is 54.1 Å². The number of primary amides is 1. The van der Waals surface area contributed by atoms with Crippen LogP contribution in [0.2, 0.25) is 0 Å². The molecule has 11 heteroatoms. The smallest absolute Gasteiger partial charge is 0.408 e. The summed E-state index contributed by atoms with van der Waals surface area (Å²) in [6, 6.07) is 16.0. The molecule has 1 saturated heterocycles. The van der Waals surface area contributed by atoms with Gasteiger partial charge in [-0.25, -0.2) is 4.79 Å². The fourth-order valence-electron chi connectivity index (χ4n) is 6.75. The first kappa shape index (κ1) is 35.9. The number of ether oxygens (including phenoxy) is 1. The molecule has 0 spiro atoms. The van der Waals surface area contributed by atoms with Crippen molar-refractivity contribution in [3.8, 4) is 0 Å². The number of nitrogens with one attached hydrogen (secondary N) is 3. The molecule has 4 rings (SSSR count). The minimum Gasteiger partial charge on any atom is -0.445 e. The van der Waals surface area contributed by atoms with Crippen molar-refractivity contribution < 1.29 is 29.0 Å². The molecule has 1 aliphatic heterocycles. The van der Waals surface area contributed by atoms with E-state index in [1.165, 1.54) is 6.42 Å². The van der Waals surface area contributed by atoms with Crippen LogP contribution >= 0.6 is 0 Å². The van der Waals surface area contributed by atoms with Gasteiger partial charge in [0.2, 0.25) is 17.7 Å². The second-order valence-corrected chi connectivity index (χ2v) is 14.1. The van der Waals surface area contributed by atoms with E-state index in [1.807, 2.05) is 69.3 Å². The van der Waals surface area contributed by atoms with Crippen LogP contribution in [0.25, 0.3) is 0 Å². The standard InChI is InChI=1S/C36H51N5O6/c1-36(2,3)40-34(45)30-19-26-16-10-11-17-27(26)21-41(30)22-31(42)28(18-24-12-6-4-7-13-24)38-33(44)29(20-32(37)43)39-35(46)47-23-25-14-8-5-9-15-25/h4-9,12-15,26-31,42H,10-11,16-23H2,1-3H3,(H2,37,43)(H,38,44)(H,39,46)(H,40,45)/t26-,27-,28+,29+,30+,31-/m1/s1. The molecule has 6 atom stereocenters. The van der Waals surface area contributed by atoms with E-state index in [-0.39, 0.29) is 25.5 Å². The van der Waals surface area contributed by atoms with Gasteiger partial charge in [0, 0.05) is 18.6 Å². The molecule has 0 bridgehead atoms. The summed E-state index contributed by atoms with van der Waals surface area (Å²) in [6.07, 6.45) is 3.14. The lowest BCUT2D eigenvalue weighted by atomic mass is 9.72. The van der Waals surface area contributed by atoms with Crippen LogP contribution in [0, 0.1) is 11.8 Å². The molecular formula is C36H51N5O6. The molecule has 2 fully saturated rings. The number of carbonyl (C=O) groups is 4. The Kier molecular flexibility index (Phi) is 12.8. The second kappa shape index (κ2) is 16.7. The van der Waals surface area contributed by atoms with Gasteiger partial charge in [0.15, 0.2) is 0 Å². The number of nitrogens with two attached hydrogens (primary N) is 1. The molecule has 0 radical (unpaired) electrons. The lowest BCUT2D eigenvalue weighted by Crippen LogP contribution is -2.61. The van der Waals surface area contributed by atoms with E-state index in [0.29, 0.717) is 18.4 Å². The predicted octanol–water partition coefficient (Wildman–Crippen LogP) is 3.04. The molecule has 1 heterocycles. The number of aliphatic hydroxyl groups excluding tert-OH is 1. The third-order valence-electron chi connectivity index (χ3n) is 9.04. The summed E-state index contributed by atoms with van der Waals surface area (Å²) in [6.45, 7) is 6.70. The van der Waals surface area contributed by atoms with Gasteiger partial charge in [-0.3, -0.25) is 19.3 Å². The van der Waals surface area contributed by atoms with E-state index in [1.54, 1.807) is 12.1 Å². The van der Waals surface area contributed by atoms with Gasteiger partial charge in [-0.1, -0.05) is 79.9 Å². The zero-order chi connectivity index (χ0) is 34.0. The van der Waals surface area contributed by atoms with Crippen molar-refractivity contribution in [2.24, 2.45) is 17.6 Å². The van der Waals surface area contributed by atoms with Gasteiger partial charge in [0.1, 0.15) is 12.6 Å². The van der Waals surface area contributed by atoms with Crippen LogP contribution in [-0.2, 0) is 32.1 Å². The van der Waals surface area contributed by atoms with Crippen LogP contribution < -0.4 is 21.7 Å². The number of rotatable bonds is 13. The summed E-state index contributed by atoms with van der Waals surface area (Å²) in [5.41, 5.74) is 6.68. The van der Waals surface area contributed by atoms with E-state index in [0.717, 1.165) is 36.8 Å². The molecule has 2 aliphatic rings. The Bertz CT molecular complexity index is 1330. The maximum atomic E-state index is 13.6. The average molecular weight is 650 g/mol. The molecule has 1 aliphatic carbocycles. The first-order valence-electron chi connectivity index (χ1n) is 16.7. The Morgan fingerprint density at radius 2 is 1.55 bits per heavy atom. The number of fused-ring (bicyclic) bond motifs is 1. The van der Waals surface area contributed by atoms with Crippen molar-refractivity contribution in [2.45, 2.75) is 102 Å². The zero-order valence-electron chi connectivity index (χ0n) is 27.8. The maximum Gasteiger partial charge on any atom is 0.408 e. The molecule has 1 saturated carbocycles. The molecular weight excluding hydrogens is 598 g/mol. The predicted molar refractivity (Wildman–Crippen MR) is 179 cm³/mol. The van der Waals surface area contributed by atoms with E-state index in [9.17, 15) is 24.3 Å². The molecule has 2 aromatic rings. The highest BCUT2D eigenvalue weighted by atomic mass is 16.5. The maximum absolute atomic E-state index is 13.6. The van der Waals surface area contributed by atoms with E-state index >= 15 is 0 Å². The van der Waals surface area contributed by atoms with Gasteiger partial charge >= 0.3 is 6.09 Å². The summed E-state index contributed by atoms with van der Waals surface area (Å²) in [4.78, 5) is 53.8. The van der Waals surface area contributed by atoms with Crippen LogP contribution in [0.3, 0.4) is 0 Å². The first-order valence-corrected chi connectivity index (χ1v) is 16.7. The van der Waals surface area contributed by atoms with E-state index in [4.69, 9.17) is 10.5 Å². The summed E-state index contributed by atoms with van der Waals surface area (Å²) < 4.78 is 5.27. The lowest BCUT2D eigenvalue weighted by molar-refractivity contribution is -0.133. The van der Waals surface area contributed by atoms with Crippen LogP contribution in [0.5, 0.6) is 0 Å². The summed E-state index contributed by atoms with van der Waals surface area (Å²) in [5, 5.41) is 20.2. The fraction of sp³-hybridized carbons (Fsp3) is 0.556. The number of piperidine rings is 1. The number of hydrogen-bond donors (Lipinski definition) is 5. The Balaban J connectivity index is 1.50. The molecule has 0 aromatic heterocycles. The van der Waals surface area contributed by atoms with Crippen molar-refractivity contribution >= 4 is 23.8 Å². The molecule has 11 nitrogen and oxygen atoms in total. The summed E-state index contributed by atoms with van der Waals surface area (Å²) >= 11 is 0. The first-order chi connectivity index (χ1) is 22.4. The summed E-state index contributed by atoms with van der Waals surface area (Å²) in [5.74, 6) is -0.597. The number of β-amino-alcohol motifs (C(OH)–C–C–N with tert-alkyl or cyclic N) is 1. The lowest BCUT2D eigenvalue weighted by Gasteiger charge is -2.47. The van der Waals surface area contributed by atoms with Crippen LogP contribution in [-0.4, -0.2) is 76.7 Å². The average Bonchev–Trinajstić information content (AvgIpc) is 3.02. The number of hydrogen-bond acceptors (Lipinski definition) is 7. The monoisotopic (exact) mass is 649 g/mol. The zero-order valence-corrected chi connectivity index (χ0v) is 27.8. The Labute approximate surface area is 278 Å². The van der Waals surface area contributed by atoms with Gasteiger partial charge in [0.05, 0.1) is 24.6 Å². The number of alkyl carbamates (subject to hydrolysis) is 1. The van der Waals surface area contributed by atoms with Gasteiger partial charge in [-0.2, -0.15) is 0 Å². The second-order valence-electron chi connectivity index (χ2n) is 14.1. The van der Waals surface area contributed by atoms with Crippen molar-refractivity contribution in [1.82, 2.24) is 20.9 Å². The summed E-state index contributed by atoms with van der Waals surface area (Å²) in [7, 11) is 0. The number of aliphatic hydroxyl groups is 1. The topological polar surface area (TPSA) is 163 Å². The third-order valence-corrected chi connectivity index (χ3v) is 9.04. The van der Waals surface area contributed by atoms with Crippen molar-refractivity contribution in [3.63, 3.8) is 0 Å². The van der Waals surface area contributed by atoms with Gasteiger partial charge in [-0.15, -0.1) is 0 Å². The minimum atomic E-state index is -1.32. The number of amides is 4. The number of benzene rings is 2. The SMILES string of the molecule is CC(C)(C)NC(=O)[C@@H]1C[C@H]2CCCC[C@@H]2CN1C[C@@H](O)[C@H](Cc1ccccc1)NC(=O)[C@H](CC(N)=O)NC(=O)OCc1ccccc1. The Morgan fingerprint density at radius 3 is 2.17 bits per heavy atom. The Morgan fingerprint density at radius 1 is 0.936 bits per heavy atom. The number of carbonyl (C=O) groups excluding carboxylic acids is 4. The van der Waals surface area contributed by atoms with Gasteiger partial charge in [0.25, 0.3) is 0 Å². The van der Waals surface area contributed by atoms with Crippen LogP contribution in [0.4, 0.5) is 4.79 Å². The van der Waals surface area contributed by atoms with Crippen molar-refractivity contribution in [1.29, 1.82) is 0 Å². The van der Waals surface area contributed by atoms with Crippen molar-refractivity contribution in [3.05, 3.63) is 71.8 Å². The molecule has 2 aromatic carbocycles. The molecule has 47 heavy (non-hydrogen) atoms. The van der Waals surface area contributed by atoms with Crippen LogP contribution in [0.1, 0.15) is 70.4 Å². The highest BCUT2D eigenvalue weighted by Crippen LogP contribution is 2.39. The highest BCUT2D eigenvalue weighted by molar-refractivity contribution is 5.90. The molecule has 4 amide bonds. The van der Waals surface area contributed by atoms with Crippen molar-refractivity contribution in [2.75, 3.05) is 13.1 Å². The number of likely N-dealkylation sites (tertiary alicyclic amines) is 1. The largest absolute Gasteiger partial charge is 0.445 e. The van der Waals surface area contributed by atoms with Crippen LogP contribution in [0.15, 0.2) is 60.7 Å². The van der Waals surface area contributed by atoms with Gasteiger partial charge in [-0.05, 0) is 63.0 Å². The van der Waals surface area contributed by atoms with Gasteiger partial charge < -0.3 is 31.5 Å². The fourth-order valence-corrected chi connectivity index (χ4v) is 6.75. The number of nitrogens with zero attached hydrogens (tertiary/aromatic N) is 1. The quantitative estimate of drug-likeness (QED) is 0.223. The third kappa shape index (κ3) is 11.4. The Hall–Kier alpha value is -3.96. The molecule has 256 valence electrons. The highest BCUT2D eigenvalue weighted by Gasteiger charge is 2.42. The minimum absolute atomic E-state index is 0.0193. The molecule has 0 unspecified atom stereocenters.